The van der Waals surface area contributed by atoms with E-state index >= 15 is 0 Å². The predicted molar refractivity (Wildman–Crippen MR) is 99.4 cm³/mol. The first kappa shape index (κ1) is 15.1. The lowest BCUT2D eigenvalue weighted by molar-refractivity contribution is 0.103. The fourth-order valence-corrected chi connectivity index (χ4v) is 3.37. The number of carbonyl (C=O) groups is 1. The number of amides is 1. The van der Waals surface area contributed by atoms with Crippen molar-refractivity contribution in [3.8, 4) is 11.5 Å². The molecule has 0 bridgehead atoms. The summed E-state index contributed by atoms with van der Waals surface area (Å²) in [4.78, 5) is 17.3. The minimum atomic E-state index is -0.125. The van der Waals surface area contributed by atoms with Crippen LogP contribution in [-0.2, 0) is 0 Å². The number of carbonyl (C=O) groups excluding carboxylic acids is 1. The molecule has 4 rings (SSSR count). The number of thiophene rings is 1. The van der Waals surface area contributed by atoms with Gasteiger partial charge in [0.2, 0.25) is 5.89 Å². The smallest absolute Gasteiger partial charge is 0.265 e. The van der Waals surface area contributed by atoms with Gasteiger partial charge in [0.05, 0.1) is 4.88 Å². The van der Waals surface area contributed by atoms with Gasteiger partial charge >= 0.3 is 0 Å². The van der Waals surface area contributed by atoms with Gasteiger partial charge in [-0.2, -0.15) is 0 Å². The van der Waals surface area contributed by atoms with Crippen molar-refractivity contribution in [3.05, 3.63) is 69.3 Å². The first-order valence-electron chi connectivity index (χ1n) is 7.20. The predicted octanol–water partition coefficient (Wildman–Crippen LogP) is 5.57. The molecule has 0 aliphatic carbocycles. The van der Waals surface area contributed by atoms with E-state index in [0.717, 1.165) is 10.0 Å². The Labute approximate surface area is 150 Å². The summed E-state index contributed by atoms with van der Waals surface area (Å²) < 4.78 is 6.76. The van der Waals surface area contributed by atoms with E-state index in [-0.39, 0.29) is 5.91 Å². The van der Waals surface area contributed by atoms with Crippen molar-refractivity contribution in [2.24, 2.45) is 0 Å². The number of benzene rings is 2. The van der Waals surface area contributed by atoms with Crippen LogP contribution in [0.2, 0.25) is 0 Å². The third kappa shape index (κ3) is 2.98. The Kier molecular flexibility index (Phi) is 3.92. The lowest BCUT2D eigenvalue weighted by Gasteiger charge is -2.02. The zero-order chi connectivity index (χ0) is 16.5. The Bertz CT molecular complexity index is 1020. The van der Waals surface area contributed by atoms with Gasteiger partial charge in [0, 0.05) is 15.7 Å². The van der Waals surface area contributed by atoms with E-state index < -0.39 is 0 Å². The Hall–Kier alpha value is -2.44. The van der Waals surface area contributed by atoms with Crippen LogP contribution in [0, 0.1) is 0 Å². The quantitative estimate of drug-likeness (QED) is 0.490. The van der Waals surface area contributed by atoms with Gasteiger partial charge in [-0.05, 0) is 47.8 Å². The van der Waals surface area contributed by atoms with Gasteiger partial charge in [-0.15, -0.1) is 11.3 Å². The third-order valence-electron chi connectivity index (χ3n) is 3.46. The molecule has 0 unspecified atom stereocenters. The minimum absolute atomic E-state index is 0.125. The lowest BCUT2D eigenvalue weighted by Crippen LogP contribution is -2.09. The summed E-state index contributed by atoms with van der Waals surface area (Å²) in [5.74, 6) is 0.424. The first-order valence-corrected chi connectivity index (χ1v) is 8.88. The van der Waals surface area contributed by atoms with Gasteiger partial charge < -0.3 is 9.73 Å². The maximum Gasteiger partial charge on any atom is 0.265 e. The molecule has 0 saturated carbocycles. The van der Waals surface area contributed by atoms with Crippen molar-refractivity contribution in [2.75, 3.05) is 5.32 Å². The van der Waals surface area contributed by atoms with Crippen LogP contribution in [-0.4, -0.2) is 10.9 Å². The van der Waals surface area contributed by atoms with E-state index in [1.807, 2.05) is 53.9 Å². The summed E-state index contributed by atoms with van der Waals surface area (Å²) in [6.07, 6.45) is 0. The molecular weight excluding hydrogens is 388 g/mol. The molecule has 6 heteroatoms. The molecule has 0 aliphatic heterocycles. The highest BCUT2D eigenvalue weighted by molar-refractivity contribution is 9.10. The topological polar surface area (TPSA) is 55.1 Å². The van der Waals surface area contributed by atoms with E-state index in [4.69, 9.17) is 4.42 Å². The molecule has 4 nitrogen and oxygen atoms in total. The number of anilines is 1. The Morgan fingerprint density at radius 1 is 1.12 bits per heavy atom. The van der Waals surface area contributed by atoms with Crippen LogP contribution in [0.1, 0.15) is 9.67 Å². The van der Waals surface area contributed by atoms with Crippen LogP contribution in [0.5, 0.6) is 0 Å². The largest absolute Gasteiger partial charge is 0.436 e. The summed E-state index contributed by atoms with van der Waals surface area (Å²) in [7, 11) is 0. The molecule has 1 N–H and O–H groups in total. The van der Waals surface area contributed by atoms with Crippen LogP contribution >= 0.6 is 27.3 Å². The van der Waals surface area contributed by atoms with E-state index in [1.54, 1.807) is 6.07 Å². The van der Waals surface area contributed by atoms with Gasteiger partial charge in [-0.3, -0.25) is 4.79 Å². The second-order valence-electron chi connectivity index (χ2n) is 5.14. The van der Waals surface area contributed by atoms with Crippen LogP contribution in [0.3, 0.4) is 0 Å². The number of nitrogens with one attached hydrogen (secondary N) is 1. The zero-order valence-corrected chi connectivity index (χ0v) is 14.7. The number of fused-ring (bicyclic) bond motifs is 1. The molecule has 0 aliphatic rings. The minimum Gasteiger partial charge on any atom is -0.436 e. The molecule has 2 aromatic carbocycles. The van der Waals surface area contributed by atoms with Crippen molar-refractivity contribution >= 4 is 50.0 Å². The Morgan fingerprint density at radius 2 is 2.04 bits per heavy atom. The standard InChI is InChI=1S/C18H11BrN2O2S/c19-12-4-1-3-11(9-12)18-21-14-10-13(6-7-15(14)23-18)20-17(22)16-5-2-8-24-16/h1-10H,(H,20,22). The molecule has 4 aromatic rings. The van der Waals surface area contributed by atoms with Crippen molar-refractivity contribution in [1.29, 1.82) is 0 Å². The average Bonchev–Trinajstić information content (AvgIpc) is 3.24. The van der Waals surface area contributed by atoms with E-state index in [1.165, 1.54) is 11.3 Å². The Balaban J connectivity index is 1.65. The maximum absolute atomic E-state index is 12.1. The number of nitrogens with zero attached hydrogens (tertiary/aromatic N) is 1. The molecule has 2 aromatic heterocycles. The van der Waals surface area contributed by atoms with Gasteiger partial charge in [0.1, 0.15) is 5.52 Å². The van der Waals surface area contributed by atoms with Crippen LogP contribution < -0.4 is 5.32 Å². The van der Waals surface area contributed by atoms with Crippen LogP contribution in [0.4, 0.5) is 5.69 Å². The summed E-state index contributed by atoms with van der Waals surface area (Å²) in [5, 5.41) is 4.75. The third-order valence-corrected chi connectivity index (χ3v) is 4.82. The monoisotopic (exact) mass is 398 g/mol. The molecule has 24 heavy (non-hydrogen) atoms. The second kappa shape index (κ2) is 6.22. The molecule has 0 radical (unpaired) electrons. The highest BCUT2D eigenvalue weighted by Crippen LogP contribution is 2.28. The van der Waals surface area contributed by atoms with Gasteiger partial charge in [0.25, 0.3) is 5.91 Å². The van der Waals surface area contributed by atoms with E-state index in [2.05, 4.69) is 26.2 Å². The number of hydrogen-bond acceptors (Lipinski definition) is 4. The molecule has 0 spiro atoms. The second-order valence-corrected chi connectivity index (χ2v) is 7.01. The van der Waals surface area contributed by atoms with Crippen molar-refractivity contribution in [3.63, 3.8) is 0 Å². The summed E-state index contributed by atoms with van der Waals surface area (Å²) in [5.41, 5.74) is 2.97. The van der Waals surface area contributed by atoms with Crippen LogP contribution in [0.25, 0.3) is 22.6 Å². The summed E-state index contributed by atoms with van der Waals surface area (Å²) in [6.45, 7) is 0. The van der Waals surface area contributed by atoms with Gasteiger partial charge in [-0.1, -0.05) is 28.1 Å². The average molecular weight is 399 g/mol. The van der Waals surface area contributed by atoms with Crippen LogP contribution in [0.15, 0.2) is 68.9 Å². The maximum atomic E-state index is 12.1. The van der Waals surface area contributed by atoms with Crippen molar-refractivity contribution < 1.29 is 9.21 Å². The fraction of sp³-hybridized carbons (Fsp3) is 0. The normalized spacial score (nSPS) is 10.9. The molecule has 118 valence electrons. The summed E-state index contributed by atoms with van der Waals surface area (Å²) >= 11 is 4.85. The molecule has 0 saturated heterocycles. The van der Waals surface area contributed by atoms with Crippen molar-refractivity contribution in [1.82, 2.24) is 4.98 Å². The molecule has 1 amide bonds. The number of aromatic nitrogens is 1. The highest BCUT2D eigenvalue weighted by atomic mass is 79.9. The van der Waals surface area contributed by atoms with Gasteiger partial charge in [0.15, 0.2) is 5.58 Å². The number of rotatable bonds is 3. The van der Waals surface area contributed by atoms with Gasteiger partial charge in [-0.25, -0.2) is 4.98 Å². The lowest BCUT2D eigenvalue weighted by atomic mass is 10.2. The fourth-order valence-electron chi connectivity index (χ4n) is 2.35. The number of oxazole rings is 1. The zero-order valence-electron chi connectivity index (χ0n) is 12.3. The molecule has 0 atom stereocenters. The van der Waals surface area contributed by atoms with E-state index in [0.29, 0.717) is 27.6 Å². The SMILES string of the molecule is O=C(Nc1ccc2oc(-c3cccc(Br)c3)nc2c1)c1cccs1. The molecule has 0 fully saturated rings. The Morgan fingerprint density at radius 3 is 2.83 bits per heavy atom. The summed E-state index contributed by atoms with van der Waals surface area (Å²) in [6, 6.07) is 16.8. The molecular formula is C18H11BrN2O2S. The first-order chi connectivity index (χ1) is 11.7. The highest BCUT2D eigenvalue weighted by Gasteiger charge is 2.11. The number of hydrogen-bond donors (Lipinski definition) is 1. The van der Waals surface area contributed by atoms with Crippen molar-refractivity contribution in [2.45, 2.75) is 0 Å². The van der Waals surface area contributed by atoms with E-state index in [9.17, 15) is 4.79 Å². The number of halogens is 1. The molecule has 2 heterocycles.